The minimum atomic E-state index is -0.0225. The lowest BCUT2D eigenvalue weighted by molar-refractivity contribution is -0.151. The highest BCUT2D eigenvalue weighted by atomic mass is 16.5. The van der Waals surface area contributed by atoms with Gasteiger partial charge in [0.1, 0.15) is 0 Å². The highest BCUT2D eigenvalue weighted by molar-refractivity contribution is 5.72. The SMILES string of the molecule is CCC(CCCCCCCCCCCCCCC(=O)OCCC(C)C)C(CC)C(=O)OCCC(C)C. The van der Waals surface area contributed by atoms with Crippen molar-refractivity contribution in [3.8, 4) is 0 Å². The average Bonchev–Trinajstić information content (AvgIpc) is 2.82. The third-order valence-electron chi connectivity index (χ3n) is 7.44. The predicted octanol–water partition coefficient (Wildman–Crippen LogP) is 9.68. The molecule has 0 aromatic carbocycles. The lowest BCUT2D eigenvalue weighted by Crippen LogP contribution is -2.26. The maximum Gasteiger partial charge on any atom is 0.309 e. The number of rotatable bonds is 25. The summed E-state index contributed by atoms with van der Waals surface area (Å²) >= 11 is 0. The number of hydrogen-bond donors (Lipinski definition) is 0. The van der Waals surface area contributed by atoms with E-state index in [2.05, 4.69) is 41.5 Å². The van der Waals surface area contributed by atoms with Gasteiger partial charge in [-0.1, -0.05) is 119 Å². The Kier molecular flexibility index (Phi) is 23.6. The fourth-order valence-corrected chi connectivity index (χ4v) is 4.81. The van der Waals surface area contributed by atoms with E-state index >= 15 is 0 Å². The Labute approximate surface area is 225 Å². The summed E-state index contributed by atoms with van der Waals surface area (Å²) in [5.41, 5.74) is 0. The molecule has 0 heterocycles. The van der Waals surface area contributed by atoms with Gasteiger partial charge in [-0.05, 0) is 49.9 Å². The fraction of sp³-hybridized carbons (Fsp3) is 0.938. The van der Waals surface area contributed by atoms with Crippen LogP contribution in [0.15, 0.2) is 0 Å². The van der Waals surface area contributed by atoms with Gasteiger partial charge >= 0.3 is 11.9 Å². The molecule has 0 aliphatic rings. The molecule has 0 rings (SSSR count). The van der Waals surface area contributed by atoms with Crippen molar-refractivity contribution in [1.29, 1.82) is 0 Å². The zero-order chi connectivity index (χ0) is 27.0. The number of carbonyl (C=O) groups is 2. The summed E-state index contributed by atoms with van der Waals surface area (Å²) in [4.78, 5) is 24.2. The lowest BCUT2D eigenvalue weighted by Gasteiger charge is -2.24. The Morgan fingerprint density at radius 2 is 1.00 bits per heavy atom. The summed E-state index contributed by atoms with van der Waals surface area (Å²) in [5.74, 6) is 1.72. The van der Waals surface area contributed by atoms with Crippen molar-refractivity contribution in [2.75, 3.05) is 13.2 Å². The maximum atomic E-state index is 12.5. The van der Waals surface area contributed by atoms with Crippen molar-refractivity contribution in [1.82, 2.24) is 0 Å². The van der Waals surface area contributed by atoms with Crippen LogP contribution in [0.1, 0.15) is 157 Å². The van der Waals surface area contributed by atoms with Crippen LogP contribution in [0.2, 0.25) is 0 Å². The Balaban J connectivity index is 3.62. The average molecular weight is 511 g/mol. The van der Waals surface area contributed by atoms with Crippen LogP contribution in [0, 0.1) is 23.7 Å². The van der Waals surface area contributed by atoms with Gasteiger partial charge in [-0.15, -0.1) is 0 Å². The largest absolute Gasteiger partial charge is 0.466 e. The summed E-state index contributed by atoms with van der Waals surface area (Å²) in [6.07, 6.45) is 20.8. The highest BCUT2D eigenvalue weighted by Gasteiger charge is 2.26. The second kappa shape index (κ2) is 24.3. The molecule has 0 fully saturated rings. The molecule has 0 bridgehead atoms. The van der Waals surface area contributed by atoms with E-state index in [1.165, 1.54) is 64.2 Å². The monoisotopic (exact) mass is 510 g/mol. The van der Waals surface area contributed by atoms with Crippen molar-refractivity contribution in [3.05, 3.63) is 0 Å². The molecule has 0 spiro atoms. The third-order valence-corrected chi connectivity index (χ3v) is 7.44. The topological polar surface area (TPSA) is 52.6 Å². The van der Waals surface area contributed by atoms with Crippen LogP contribution in [0.4, 0.5) is 0 Å². The number of esters is 2. The molecular weight excluding hydrogens is 448 g/mol. The van der Waals surface area contributed by atoms with Crippen molar-refractivity contribution in [2.24, 2.45) is 23.7 Å². The Morgan fingerprint density at radius 1 is 0.556 bits per heavy atom. The normalized spacial score (nSPS) is 13.2. The second-order valence-corrected chi connectivity index (χ2v) is 11.7. The first-order valence-corrected chi connectivity index (χ1v) is 15.6. The van der Waals surface area contributed by atoms with Crippen molar-refractivity contribution in [3.63, 3.8) is 0 Å². The summed E-state index contributed by atoms with van der Waals surface area (Å²) in [6, 6.07) is 0. The van der Waals surface area contributed by atoms with E-state index in [4.69, 9.17) is 9.47 Å². The molecule has 2 atom stereocenters. The van der Waals surface area contributed by atoms with Crippen LogP contribution >= 0.6 is 0 Å². The standard InChI is InChI=1S/C32H62O4/c1-7-29(30(8-2)32(34)36-26-24-28(5)6)21-19-17-15-13-11-9-10-12-14-16-18-20-22-31(33)35-25-23-27(3)4/h27-30H,7-26H2,1-6H3. The quantitative estimate of drug-likeness (QED) is 0.0906. The van der Waals surface area contributed by atoms with Gasteiger partial charge < -0.3 is 9.47 Å². The third kappa shape index (κ3) is 21.1. The van der Waals surface area contributed by atoms with Gasteiger partial charge in [-0.25, -0.2) is 0 Å². The number of ether oxygens (including phenoxy) is 2. The van der Waals surface area contributed by atoms with E-state index in [1.54, 1.807) is 0 Å². The predicted molar refractivity (Wildman–Crippen MR) is 153 cm³/mol. The molecule has 0 saturated heterocycles. The summed E-state index contributed by atoms with van der Waals surface area (Å²) < 4.78 is 10.8. The van der Waals surface area contributed by atoms with E-state index < -0.39 is 0 Å². The molecule has 2 unspecified atom stereocenters. The smallest absolute Gasteiger partial charge is 0.309 e. The van der Waals surface area contributed by atoms with Crippen molar-refractivity contribution in [2.45, 2.75) is 157 Å². The van der Waals surface area contributed by atoms with Gasteiger partial charge in [-0.3, -0.25) is 9.59 Å². The highest BCUT2D eigenvalue weighted by Crippen LogP contribution is 2.27. The van der Waals surface area contributed by atoms with E-state index in [0.717, 1.165) is 44.9 Å². The first-order valence-electron chi connectivity index (χ1n) is 15.6. The molecule has 214 valence electrons. The Bertz CT molecular complexity index is 514. The van der Waals surface area contributed by atoms with Gasteiger partial charge in [0.15, 0.2) is 0 Å². The maximum absolute atomic E-state index is 12.5. The molecule has 36 heavy (non-hydrogen) atoms. The molecule has 0 aliphatic carbocycles. The molecular formula is C32H62O4. The van der Waals surface area contributed by atoms with Crippen LogP contribution in [0.3, 0.4) is 0 Å². The van der Waals surface area contributed by atoms with Crippen molar-refractivity contribution < 1.29 is 19.1 Å². The Morgan fingerprint density at radius 3 is 1.44 bits per heavy atom. The lowest BCUT2D eigenvalue weighted by atomic mass is 9.84. The first kappa shape index (κ1) is 34.9. The zero-order valence-electron chi connectivity index (χ0n) is 25.1. The molecule has 0 radical (unpaired) electrons. The van der Waals surface area contributed by atoms with Gasteiger partial charge in [0, 0.05) is 6.42 Å². The minimum Gasteiger partial charge on any atom is -0.466 e. The molecule has 4 nitrogen and oxygen atoms in total. The fourth-order valence-electron chi connectivity index (χ4n) is 4.81. The van der Waals surface area contributed by atoms with E-state index in [-0.39, 0.29) is 17.9 Å². The molecule has 0 aromatic heterocycles. The van der Waals surface area contributed by atoms with E-state index in [0.29, 0.717) is 37.4 Å². The van der Waals surface area contributed by atoms with Crippen LogP contribution in [0.5, 0.6) is 0 Å². The number of hydrogen-bond acceptors (Lipinski definition) is 4. The van der Waals surface area contributed by atoms with E-state index in [9.17, 15) is 9.59 Å². The van der Waals surface area contributed by atoms with Gasteiger partial charge in [0.05, 0.1) is 19.1 Å². The van der Waals surface area contributed by atoms with Gasteiger partial charge in [0.25, 0.3) is 0 Å². The molecule has 0 aliphatic heterocycles. The van der Waals surface area contributed by atoms with Crippen molar-refractivity contribution >= 4 is 11.9 Å². The van der Waals surface area contributed by atoms with Gasteiger partial charge in [-0.2, -0.15) is 0 Å². The summed E-state index contributed by atoms with van der Waals surface area (Å²) in [7, 11) is 0. The van der Waals surface area contributed by atoms with E-state index in [1.807, 2.05) is 0 Å². The van der Waals surface area contributed by atoms with Crippen LogP contribution in [-0.4, -0.2) is 25.2 Å². The Hall–Kier alpha value is -1.06. The van der Waals surface area contributed by atoms with Gasteiger partial charge in [0.2, 0.25) is 0 Å². The first-order chi connectivity index (χ1) is 17.3. The summed E-state index contributed by atoms with van der Waals surface area (Å²) in [6.45, 7) is 14.1. The van der Waals surface area contributed by atoms with Crippen LogP contribution in [0.25, 0.3) is 0 Å². The molecule has 0 aromatic rings. The van der Waals surface area contributed by atoms with Crippen LogP contribution < -0.4 is 0 Å². The second-order valence-electron chi connectivity index (χ2n) is 11.7. The zero-order valence-corrected chi connectivity index (χ0v) is 25.1. The molecule has 0 N–H and O–H groups in total. The molecule has 0 amide bonds. The minimum absolute atomic E-state index is 0.0225. The number of unbranched alkanes of at least 4 members (excludes halogenated alkanes) is 11. The number of carbonyl (C=O) groups excluding carboxylic acids is 2. The van der Waals surface area contributed by atoms with Crippen LogP contribution in [-0.2, 0) is 19.1 Å². The molecule has 4 heteroatoms. The summed E-state index contributed by atoms with van der Waals surface area (Å²) in [5, 5.41) is 0. The molecule has 0 saturated carbocycles.